The van der Waals surface area contributed by atoms with Gasteiger partial charge in [0.05, 0.1) is 24.1 Å². The second-order valence-electron chi connectivity index (χ2n) is 4.80. The molecule has 0 radical (unpaired) electrons. The Bertz CT molecular complexity index is 712. The van der Waals surface area contributed by atoms with Gasteiger partial charge in [-0.05, 0) is 0 Å². The zero-order valence-corrected chi connectivity index (χ0v) is 12.0. The lowest BCUT2D eigenvalue weighted by Gasteiger charge is -2.13. The molecule has 1 aliphatic rings. The molecule has 22 heavy (non-hydrogen) atoms. The SMILES string of the molecule is Cn1cc(-c2nccnc2CNC(=O)N2CCNC2=O)cn1. The molecule has 0 aliphatic carbocycles. The molecular formula is C13H15N7O2. The number of imide groups is 1. The Hall–Kier alpha value is -2.97. The molecule has 0 bridgehead atoms. The minimum absolute atomic E-state index is 0.181. The van der Waals surface area contributed by atoms with E-state index >= 15 is 0 Å². The zero-order chi connectivity index (χ0) is 15.5. The lowest BCUT2D eigenvalue weighted by atomic mass is 10.2. The Morgan fingerprint density at radius 1 is 1.41 bits per heavy atom. The number of urea groups is 2. The van der Waals surface area contributed by atoms with Gasteiger partial charge in [0.15, 0.2) is 0 Å². The van der Waals surface area contributed by atoms with Crippen LogP contribution < -0.4 is 10.6 Å². The third-order valence-corrected chi connectivity index (χ3v) is 3.26. The summed E-state index contributed by atoms with van der Waals surface area (Å²) in [6, 6.07) is -0.832. The molecule has 4 amide bonds. The van der Waals surface area contributed by atoms with Crippen molar-refractivity contribution in [3.8, 4) is 11.3 Å². The highest BCUT2D eigenvalue weighted by atomic mass is 16.2. The van der Waals surface area contributed by atoms with Crippen molar-refractivity contribution in [1.29, 1.82) is 0 Å². The number of hydrogen-bond donors (Lipinski definition) is 2. The molecule has 3 heterocycles. The summed E-state index contributed by atoms with van der Waals surface area (Å²) in [7, 11) is 1.81. The Labute approximate surface area is 126 Å². The number of aromatic nitrogens is 4. The molecule has 2 aromatic rings. The standard InChI is InChI=1S/C13H15N7O2/c1-19-8-9(6-18-19)11-10(14-2-3-15-11)7-17-13(22)20-5-4-16-12(20)21/h2-3,6,8H,4-5,7H2,1H3,(H,16,21)(H,17,22). The van der Waals surface area contributed by atoms with Crippen molar-refractivity contribution in [1.82, 2.24) is 35.3 Å². The van der Waals surface area contributed by atoms with Crippen molar-refractivity contribution < 1.29 is 9.59 Å². The fraction of sp³-hybridized carbons (Fsp3) is 0.308. The highest BCUT2D eigenvalue weighted by Gasteiger charge is 2.26. The number of carbonyl (C=O) groups is 2. The van der Waals surface area contributed by atoms with Crippen LogP contribution >= 0.6 is 0 Å². The predicted octanol–water partition coefficient (Wildman–Crippen LogP) is 0.112. The summed E-state index contributed by atoms with van der Waals surface area (Å²) >= 11 is 0. The second kappa shape index (κ2) is 5.80. The van der Waals surface area contributed by atoms with Crippen LogP contribution in [0.2, 0.25) is 0 Å². The van der Waals surface area contributed by atoms with Gasteiger partial charge in [-0.15, -0.1) is 0 Å². The molecule has 9 nitrogen and oxygen atoms in total. The maximum absolute atomic E-state index is 12.0. The molecule has 9 heteroatoms. The van der Waals surface area contributed by atoms with E-state index in [0.29, 0.717) is 24.5 Å². The van der Waals surface area contributed by atoms with Gasteiger partial charge in [0, 0.05) is 44.3 Å². The zero-order valence-electron chi connectivity index (χ0n) is 12.0. The fourth-order valence-corrected chi connectivity index (χ4v) is 2.20. The van der Waals surface area contributed by atoms with Crippen LogP contribution in [0.4, 0.5) is 9.59 Å². The maximum atomic E-state index is 12.0. The first-order valence-electron chi connectivity index (χ1n) is 6.77. The molecule has 2 N–H and O–H groups in total. The van der Waals surface area contributed by atoms with Crippen LogP contribution in [0.15, 0.2) is 24.8 Å². The molecule has 1 aliphatic heterocycles. The van der Waals surface area contributed by atoms with E-state index in [-0.39, 0.29) is 12.6 Å². The lowest BCUT2D eigenvalue weighted by Crippen LogP contribution is -2.41. The minimum atomic E-state index is -0.446. The molecule has 1 saturated heterocycles. The van der Waals surface area contributed by atoms with E-state index < -0.39 is 6.03 Å². The van der Waals surface area contributed by atoms with Crippen molar-refractivity contribution in [2.45, 2.75) is 6.54 Å². The van der Waals surface area contributed by atoms with Gasteiger partial charge in [0.1, 0.15) is 0 Å². The molecule has 0 saturated carbocycles. The van der Waals surface area contributed by atoms with Crippen LogP contribution in [0.5, 0.6) is 0 Å². The van der Waals surface area contributed by atoms with Crippen molar-refractivity contribution in [3.63, 3.8) is 0 Å². The van der Waals surface area contributed by atoms with E-state index in [1.54, 1.807) is 23.3 Å². The summed E-state index contributed by atoms with van der Waals surface area (Å²) in [5, 5.41) is 9.36. The summed E-state index contributed by atoms with van der Waals surface area (Å²) in [5.41, 5.74) is 2.09. The molecule has 0 atom stereocenters. The van der Waals surface area contributed by atoms with Crippen LogP contribution in [0.3, 0.4) is 0 Å². The number of nitrogens with one attached hydrogen (secondary N) is 2. The van der Waals surface area contributed by atoms with Crippen molar-refractivity contribution in [2.75, 3.05) is 13.1 Å². The Kier molecular flexibility index (Phi) is 3.69. The van der Waals surface area contributed by atoms with Crippen LogP contribution in [-0.4, -0.2) is 49.8 Å². The molecular weight excluding hydrogens is 286 g/mol. The first kappa shape index (κ1) is 14.0. The van der Waals surface area contributed by atoms with Crippen molar-refractivity contribution in [3.05, 3.63) is 30.5 Å². The average Bonchev–Trinajstić information content (AvgIpc) is 3.13. The number of hydrogen-bond acceptors (Lipinski definition) is 5. The molecule has 2 aromatic heterocycles. The monoisotopic (exact) mass is 301 g/mol. The second-order valence-corrected chi connectivity index (χ2v) is 4.80. The molecule has 0 aromatic carbocycles. The summed E-state index contributed by atoms with van der Waals surface area (Å²) in [6.45, 7) is 1.01. The van der Waals surface area contributed by atoms with Crippen molar-refractivity contribution in [2.24, 2.45) is 7.05 Å². The Balaban J connectivity index is 1.73. The lowest BCUT2D eigenvalue weighted by molar-refractivity contribution is 0.198. The summed E-state index contributed by atoms with van der Waals surface area (Å²) in [6.07, 6.45) is 6.65. The summed E-state index contributed by atoms with van der Waals surface area (Å²) in [5.74, 6) is 0. The van der Waals surface area contributed by atoms with Gasteiger partial charge in [-0.2, -0.15) is 5.10 Å². The summed E-state index contributed by atoms with van der Waals surface area (Å²) in [4.78, 5) is 33.1. The fourth-order valence-electron chi connectivity index (χ4n) is 2.20. The van der Waals surface area contributed by atoms with Crippen LogP contribution in [-0.2, 0) is 13.6 Å². The Morgan fingerprint density at radius 2 is 2.23 bits per heavy atom. The van der Waals surface area contributed by atoms with Crippen LogP contribution in [0.1, 0.15) is 5.69 Å². The van der Waals surface area contributed by atoms with Gasteiger partial charge < -0.3 is 10.6 Å². The number of rotatable bonds is 3. The first-order valence-corrected chi connectivity index (χ1v) is 6.77. The van der Waals surface area contributed by atoms with Gasteiger partial charge in [-0.1, -0.05) is 0 Å². The largest absolute Gasteiger partial charge is 0.336 e. The third-order valence-electron chi connectivity index (χ3n) is 3.26. The summed E-state index contributed by atoms with van der Waals surface area (Å²) < 4.78 is 1.67. The highest BCUT2D eigenvalue weighted by molar-refractivity contribution is 5.94. The molecule has 3 rings (SSSR count). The van der Waals surface area contributed by atoms with E-state index in [0.717, 1.165) is 10.5 Å². The molecule has 1 fully saturated rings. The van der Waals surface area contributed by atoms with Gasteiger partial charge >= 0.3 is 12.1 Å². The third kappa shape index (κ3) is 2.73. The van der Waals surface area contributed by atoms with E-state index in [1.807, 2.05) is 13.2 Å². The van der Waals surface area contributed by atoms with Gasteiger partial charge in [0.25, 0.3) is 0 Å². The van der Waals surface area contributed by atoms with E-state index in [9.17, 15) is 9.59 Å². The normalized spacial score (nSPS) is 14.0. The topological polar surface area (TPSA) is 105 Å². The first-order chi connectivity index (χ1) is 10.6. The smallest absolute Gasteiger partial charge is 0.325 e. The molecule has 0 spiro atoms. The Morgan fingerprint density at radius 3 is 2.91 bits per heavy atom. The predicted molar refractivity (Wildman–Crippen MR) is 76.6 cm³/mol. The maximum Gasteiger partial charge on any atom is 0.325 e. The van der Waals surface area contributed by atoms with Crippen LogP contribution in [0.25, 0.3) is 11.3 Å². The average molecular weight is 301 g/mol. The minimum Gasteiger partial charge on any atom is -0.336 e. The van der Waals surface area contributed by atoms with E-state index in [1.165, 1.54) is 0 Å². The highest BCUT2D eigenvalue weighted by Crippen LogP contribution is 2.18. The van der Waals surface area contributed by atoms with E-state index in [2.05, 4.69) is 25.7 Å². The molecule has 0 unspecified atom stereocenters. The van der Waals surface area contributed by atoms with Gasteiger partial charge in [0.2, 0.25) is 0 Å². The van der Waals surface area contributed by atoms with Gasteiger partial charge in [-0.25, -0.2) is 14.5 Å². The number of carbonyl (C=O) groups excluding carboxylic acids is 2. The van der Waals surface area contributed by atoms with E-state index in [4.69, 9.17) is 0 Å². The number of nitrogens with zero attached hydrogens (tertiary/aromatic N) is 5. The quantitative estimate of drug-likeness (QED) is 0.837. The number of aryl methyl sites for hydroxylation is 1. The van der Waals surface area contributed by atoms with Crippen LogP contribution in [0, 0.1) is 0 Å². The number of amides is 4. The van der Waals surface area contributed by atoms with Gasteiger partial charge in [-0.3, -0.25) is 14.6 Å². The molecule has 114 valence electrons. The van der Waals surface area contributed by atoms with Crippen molar-refractivity contribution >= 4 is 12.1 Å².